The third-order valence-corrected chi connectivity index (χ3v) is 4.75. The number of nitrogens with one attached hydrogen (secondary N) is 1. The maximum absolute atomic E-state index is 14.0. The van der Waals surface area contributed by atoms with Gasteiger partial charge in [0.2, 0.25) is 5.60 Å². The summed E-state index contributed by atoms with van der Waals surface area (Å²) in [7, 11) is 0. The number of H-pyrrole nitrogens is 1. The van der Waals surface area contributed by atoms with Crippen LogP contribution in [-0.2, 0) is 12.0 Å². The zero-order valence-corrected chi connectivity index (χ0v) is 14.5. The van der Waals surface area contributed by atoms with Gasteiger partial charge < -0.3 is 14.5 Å². The van der Waals surface area contributed by atoms with E-state index in [1.54, 1.807) is 19.1 Å². The molecule has 0 saturated heterocycles. The quantitative estimate of drug-likeness (QED) is 0.687. The first-order valence-corrected chi connectivity index (χ1v) is 8.12. The lowest BCUT2D eigenvalue weighted by Gasteiger charge is -2.30. The number of aromatic amines is 1. The molecule has 138 valence electrons. The zero-order valence-electron chi connectivity index (χ0n) is 14.5. The summed E-state index contributed by atoms with van der Waals surface area (Å²) in [5.74, 6) is 0. The summed E-state index contributed by atoms with van der Waals surface area (Å²) < 4.78 is 47.1. The summed E-state index contributed by atoms with van der Waals surface area (Å²) in [5.41, 5.74) is -4.43. The molecular weight excluding hydrogens is 347 g/mol. The third-order valence-electron chi connectivity index (χ3n) is 4.75. The molecule has 2 N–H and O–H groups in total. The molecule has 0 spiro atoms. The smallest absolute Gasteiger partial charge is 0.422 e. The van der Waals surface area contributed by atoms with Crippen molar-refractivity contribution in [1.82, 2.24) is 4.98 Å². The Morgan fingerprint density at radius 1 is 1.19 bits per heavy atom. The summed E-state index contributed by atoms with van der Waals surface area (Å²) in [6, 6.07) is 7.25. The topological polar surface area (TPSA) is 66.2 Å². The molecule has 3 rings (SSSR count). The monoisotopic (exact) mass is 365 g/mol. The van der Waals surface area contributed by atoms with Crippen molar-refractivity contribution in [3.05, 3.63) is 68.8 Å². The van der Waals surface area contributed by atoms with Crippen LogP contribution in [0.25, 0.3) is 11.0 Å². The standard InChI is InChI=1S/C19H18F3NO3/c1-4-13-10(2)16(23-11(13)3)18(25,19(20,21)22)14-9-12-7-5-6-8-15(12)26-17(14)24/h5-9,23,25H,4H2,1-3H3. The average Bonchev–Trinajstić information content (AvgIpc) is 2.86. The third kappa shape index (κ3) is 2.54. The number of rotatable bonds is 3. The number of hydrogen-bond acceptors (Lipinski definition) is 3. The van der Waals surface area contributed by atoms with Gasteiger partial charge in [0, 0.05) is 11.1 Å². The Labute approximate surface area is 147 Å². The number of hydrogen-bond donors (Lipinski definition) is 2. The maximum atomic E-state index is 14.0. The summed E-state index contributed by atoms with van der Waals surface area (Å²) in [5, 5.41) is 11.1. The minimum absolute atomic E-state index is 0.152. The molecule has 4 nitrogen and oxygen atoms in total. The van der Waals surface area contributed by atoms with Gasteiger partial charge in [-0.15, -0.1) is 0 Å². The fourth-order valence-electron chi connectivity index (χ4n) is 3.42. The molecule has 0 fully saturated rings. The van der Waals surface area contributed by atoms with Gasteiger partial charge in [-0.05, 0) is 43.5 Å². The van der Waals surface area contributed by atoms with Gasteiger partial charge in [0.1, 0.15) is 5.58 Å². The molecule has 3 aromatic rings. The molecule has 26 heavy (non-hydrogen) atoms. The largest absolute Gasteiger partial charge is 0.427 e. The second-order valence-electron chi connectivity index (χ2n) is 6.28. The molecule has 0 aliphatic heterocycles. The zero-order chi connectivity index (χ0) is 19.3. The van der Waals surface area contributed by atoms with Crippen molar-refractivity contribution in [3.63, 3.8) is 0 Å². The highest BCUT2D eigenvalue weighted by Crippen LogP contribution is 2.45. The Kier molecular flexibility index (Phi) is 4.23. The highest BCUT2D eigenvalue weighted by molar-refractivity contribution is 5.77. The van der Waals surface area contributed by atoms with Crippen LogP contribution >= 0.6 is 0 Å². The number of aryl methyl sites for hydroxylation is 1. The first kappa shape index (κ1) is 18.3. The Hall–Kier alpha value is -2.54. The van der Waals surface area contributed by atoms with Crippen LogP contribution in [0.5, 0.6) is 0 Å². The molecule has 7 heteroatoms. The Morgan fingerprint density at radius 3 is 2.42 bits per heavy atom. The van der Waals surface area contributed by atoms with E-state index in [-0.39, 0.29) is 11.1 Å². The first-order chi connectivity index (χ1) is 12.1. The lowest BCUT2D eigenvalue weighted by molar-refractivity contribution is -0.250. The van der Waals surface area contributed by atoms with Gasteiger partial charge >= 0.3 is 11.8 Å². The molecule has 2 aromatic heterocycles. The van der Waals surface area contributed by atoms with Crippen LogP contribution < -0.4 is 5.63 Å². The van der Waals surface area contributed by atoms with Crippen LogP contribution in [0.3, 0.4) is 0 Å². The van der Waals surface area contributed by atoms with E-state index in [0.29, 0.717) is 23.1 Å². The van der Waals surface area contributed by atoms with Gasteiger partial charge in [-0.3, -0.25) is 0 Å². The second-order valence-corrected chi connectivity index (χ2v) is 6.28. The van der Waals surface area contributed by atoms with Gasteiger partial charge in [0.25, 0.3) is 0 Å². The number of halogens is 3. The van der Waals surface area contributed by atoms with Gasteiger partial charge in [0.15, 0.2) is 0 Å². The molecule has 0 bridgehead atoms. The molecule has 0 aliphatic carbocycles. The number of alkyl halides is 3. The van der Waals surface area contributed by atoms with Gasteiger partial charge in [-0.1, -0.05) is 25.1 Å². The molecular formula is C19H18F3NO3. The van der Waals surface area contributed by atoms with Gasteiger partial charge in [-0.2, -0.15) is 13.2 Å². The van der Waals surface area contributed by atoms with E-state index >= 15 is 0 Å². The van der Waals surface area contributed by atoms with Crippen LogP contribution in [-0.4, -0.2) is 16.3 Å². The van der Waals surface area contributed by atoms with Crippen molar-refractivity contribution in [3.8, 4) is 0 Å². The highest BCUT2D eigenvalue weighted by Gasteiger charge is 2.60. The van der Waals surface area contributed by atoms with Gasteiger partial charge in [-0.25, -0.2) is 4.79 Å². The second kappa shape index (κ2) is 6.02. The molecule has 0 aliphatic rings. The van der Waals surface area contributed by atoms with Crippen molar-refractivity contribution < 1.29 is 22.7 Å². The average molecular weight is 365 g/mol. The fraction of sp³-hybridized carbons (Fsp3) is 0.316. The van der Waals surface area contributed by atoms with E-state index in [0.717, 1.165) is 6.07 Å². The molecule has 1 atom stereocenters. The molecule has 1 aromatic carbocycles. The first-order valence-electron chi connectivity index (χ1n) is 8.12. The predicted octanol–water partition coefficient (Wildman–Crippen LogP) is 4.10. The minimum Gasteiger partial charge on any atom is -0.422 e. The van der Waals surface area contributed by atoms with Crippen LogP contribution in [0.15, 0.2) is 39.5 Å². The number of aromatic nitrogens is 1. The molecule has 1 unspecified atom stereocenters. The van der Waals surface area contributed by atoms with E-state index in [9.17, 15) is 23.1 Å². The lowest BCUT2D eigenvalue weighted by Crippen LogP contribution is -2.47. The SMILES string of the molecule is CCc1c(C)[nH]c(C(O)(c2cc3ccccc3oc2=O)C(F)(F)F)c1C. The fourth-order valence-corrected chi connectivity index (χ4v) is 3.42. The van der Waals surface area contributed by atoms with E-state index in [2.05, 4.69) is 4.98 Å². The normalized spacial score (nSPS) is 14.6. The maximum Gasteiger partial charge on any atom is 0.427 e. The van der Waals surface area contributed by atoms with Crippen molar-refractivity contribution in [1.29, 1.82) is 0 Å². The molecule has 0 amide bonds. The van der Waals surface area contributed by atoms with Crippen molar-refractivity contribution in [2.45, 2.75) is 39.0 Å². The minimum atomic E-state index is -5.13. The Morgan fingerprint density at radius 2 is 1.85 bits per heavy atom. The van der Waals surface area contributed by atoms with E-state index in [4.69, 9.17) is 4.42 Å². The predicted molar refractivity (Wildman–Crippen MR) is 91.2 cm³/mol. The van der Waals surface area contributed by atoms with Crippen LogP contribution in [0, 0.1) is 13.8 Å². The number of aliphatic hydroxyl groups is 1. The van der Waals surface area contributed by atoms with E-state index in [1.165, 1.54) is 19.1 Å². The van der Waals surface area contributed by atoms with Gasteiger partial charge in [0.05, 0.1) is 11.3 Å². The van der Waals surface area contributed by atoms with Crippen molar-refractivity contribution >= 4 is 11.0 Å². The summed E-state index contributed by atoms with van der Waals surface area (Å²) in [6.45, 7) is 4.94. The van der Waals surface area contributed by atoms with Crippen LogP contribution in [0.1, 0.15) is 35.0 Å². The number of benzene rings is 1. The summed E-state index contributed by atoms with van der Waals surface area (Å²) >= 11 is 0. The number of fused-ring (bicyclic) bond motifs is 1. The highest BCUT2D eigenvalue weighted by atomic mass is 19.4. The summed E-state index contributed by atoms with van der Waals surface area (Å²) in [4.78, 5) is 15.0. The molecule has 0 radical (unpaired) electrons. The number of para-hydroxylation sites is 1. The van der Waals surface area contributed by atoms with Crippen LogP contribution in [0.2, 0.25) is 0 Å². The van der Waals surface area contributed by atoms with Crippen LogP contribution in [0.4, 0.5) is 13.2 Å². The van der Waals surface area contributed by atoms with E-state index < -0.39 is 28.7 Å². The summed E-state index contributed by atoms with van der Waals surface area (Å²) in [6.07, 6.45) is -4.63. The molecule has 2 heterocycles. The molecule has 0 saturated carbocycles. The van der Waals surface area contributed by atoms with Crippen molar-refractivity contribution in [2.75, 3.05) is 0 Å². The van der Waals surface area contributed by atoms with E-state index in [1.807, 2.05) is 6.92 Å². The Bertz CT molecular complexity index is 1030. The lowest BCUT2D eigenvalue weighted by atomic mass is 9.87. The van der Waals surface area contributed by atoms with Crippen molar-refractivity contribution in [2.24, 2.45) is 0 Å². The Balaban J connectivity index is 2.39.